The van der Waals surface area contributed by atoms with Crippen LogP contribution in [-0.2, 0) is 4.84 Å². The minimum atomic E-state index is -0.420. The van der Waals surface area contributed by atoms with E-state index >= 15 is 0 Å². The predicted molar refractivity (Wildman–Crippen MR) is 97.3 cm³/mol. The molecule has 2 aliphatic rings. The van der Waals surface area contributed by atoms with Crippen LogP contribution in [0.15, 0.2) is 53.7 Å². The number of nitrogens with one attached hydrogen (secondary N) is 2. The molecule has 2 aromatic rings. The first-order valence-corrected chi connectivity index (χ1v) is 8.74. The molecule has 2 aromatic carbocycles. The van der Waals surface area contributed by atoms with Gasteiger partial charge in [-0.05, 0) is 30.3 Å². The van der Waals surface area contributed by atoms with E-state index in [9.17, 15) is 14.0 Å². The zero-order valence-electron chi connectivity index (χ0n) is 14.4. The number of oxime groups is 1. The summed E-state index contributed by atoms with van der Waals surface area (Å²) in [4.78, 5) is 30.8. The molecule has 0 saturated carbocycles. The van der Waals surface area contributed by atoms with Gasteiger partial charge in [0.25, 0.3) is 5.91 Å². The van der Waals surface area contributed by atoms with E-state index in [1.165, 1.54) is 24.3 Å². The minimum Gasteiger partial charge on any atom is -0.390 e. The van der Waals surface area contributed by atoms with Gasteiger partial charge < -0.3 is 15.5 Å². The van der Waals surface area contributed by atoms with Gasteiger partial charge in [0.05, 0.1) is 23.7 Å². The number of nitrogens with zero attached hydrogens (tertiary/aromatic N) is 1. The van der Waals surface area contributed by atoms with E-state index in [0.29, 0.717) is 5.56 Å². The number of rotatable bonds is 5. The third-order valence-electron chi connectivity index (χ3n) is 4.84. The van der Waals surface area contributed by atoms with Crippen LogP contribution in [-0.4, -0.2) is 43.1 Å². The molecular weight excluding hydrogens is 349 g/mol. The van der Waals surface area contributed by atoms with Crippen molar-refractivity contribution in [2.24, 2.45) is 11.1 Å². The lowest BCUT2D eigenvalue weighted by Gasteiger charge is -2.11. The van der Waals surface area contributed by atoms with Gasteiger partial charge in [-0.25, -0.2) is 4.39 Å². The highest BCUT2D eigenvalue weighted by Gasteiger charge is 2.37. The number of benzene rings is 2. The Bertz CT molecular complexity index is 911. The van der Waals surface area contributed by atoms with Gasteiger partial charge in [0.1, 0.15) is 11.9 Å². The number of carbonyl (C=O) groups is 2. The van der Waals surface area contributed by atoms with Crippen LogP contribution in [0.2, 0.25) is 0 Å². The fraction of sp³-hybridized carbons (Fsp3) is 0.250. The standard InChI is InChI=1S/C20H18FN3O3/c21-13-7-5-12(6-8-13)19(25)14-3-1-2-4-15(14)20(26)23-10-17-16-9-22-11-18(16)27-24-17/h1-8,16,18,22H,9-11H2,(H,23,26). The molecule has 138 valence electrons. The summed E-state index contributed by atoms with van der Waals surface area (Å²) in [5.74, 6) is -0.946. The van der Waals surface area contributed by atoms with Gasteiger partial charge in [0, 0.05) is 24.2 Å². The van der Waals surface area contributed by atoms with Crippen LogP contribution in [0.4, 0.5) is 4.39 Å². The number of carbonyl (C=O) groups excluding carboxylic acids is 2. The molecule has 27 heavy (non-hydrogen) atoms. The van der Waals surface area contributed by atoms with Crippen molar-refractivity contribution in [2.75, 3.05) is 19.6 Å². The van der Waals surface area contributed by atoms with Crippen LogP contribution >= 0.6 is 0 Å². The van der Waals surface area contributed by atoms with Crippen LogP contribution < -0.4 is 10.6 Å². The topological polar surface area (TPSA) is 79.8 Å². The van der Waals surface area contributed by atoms with Crippen molar-refractivity contribution in [3.05, 3.63) is 71.0 Å². The summed E-state index contributed by atoms with van der Waals surface area (Å²) in [5, 5.41) is 10.1. The highest BCUT2D eigenvalue weighted by Crippen LogP contribution is 2.21. The number of hydrogen-bond donors (Lipinski definition) is 2. The number of halogens is 1. The molecule has 1 saturated heterocycles. The lowest BCUT2D eigenvalue weighted by Crippen LogP contribution is -2.35. The average Bonchev–Trinajstić information content (AvgIpc) is 3.30. The second kappa shape index (κ2) is 7.28. The number of fused-ring (bicyclic) bond motifs is 1. The van der Waals surface area contributed by atoms with Crippen molar-refractivity contribution >= 4 is 17.4 Å². The van der Waals surface area contributed by atoms with E-state index in [-0.39, 0.29) is 41.4 Å². The molecule has 6 nitrogen and oxygen atoms in total. The van der Waals surface area contributed by atoms with E-state index in [1.807, 2.05) is 0 Å². The summed E-state index contributed by atoms with van der Waals surface area (Å²) >= 11 is 0. The summed E-state index contributed by atoms with van der Waals surface area (Å²) in [7, 11) is 0. The summed E-state index contributed by atoms with van der Waals surface area (Å²) in [5.41, 5.74) is 1.66. The Balaban J connectivity index is 1.49. The van der Waals surface area contributed by atoms with Gasteiger partial charge >= 0.3 is 0 Å². The van der Waals surface area contributed by atoms with Gasteiger partial charge in [0.15, 0.2) is 5.78 Å². The highest BCUT2D eigenvalue weighted by molar-refractivity contribution is 6.15. The van der Waals surface area contributed by atoms with Crippen LogP contribution in [0.1, 0.15) is 26.3 Å². The molecule has 0 spiro atoms. The van der Waals surface area contributed by atoms with Gasteiger partial charge in [-0.15, -0.1) is 0 Å². The van der Waals surface area contributed by atoms with Crippen LogP contribution in [0.25, 0.3) is 0 Å². The zero-order chi connectivity index (χ0) is 18.8. The van der Waals surface area contributed by atoms with E-state index in [2.05, 4.69) is 15.8 Å². The van der Waals surface area contributed by atoms with Crippen molar-refractivity contribution < 1.29 is 18.8 Å². The Labute approximate surface area is 155 Å². The zero-order valence-corrected chi connectivity index (χ0v) is 14.4. The average molecular weight is 367 g/mol. The van der Waals surface area contributed by atoms with Gasteiger partial charge in [0.2, 0.25) is 0 Å². The molecule has 2 atom stereocenters. The Hall–Kier alpha value is -3.06. The predicted octanol–water partition coefficient (Wildman–Crippen LogP) is 1.76. The van der Waals surface area contributed by atoms with Crippen molar-refractivity contribution in [3.63, 3.8) is 0 Å². The van der Waals surface area contributed by atoms with Gasteiger partial charge in [-0.2, -0.15) is 0 Å². The first-order chi connectivity index (χ1) is 13.1. The molecule has 2 aliphatic heterocycles. The maximum absolute atomic E-state index is 13.1. The largest absolute Gasteiger partial charge is 0.390 e. The van der Waals surface area contributed by atoms with Gasteiger partial charge in [-0.1, -0.05) is 23.4 Å². The van der Waals surface area contributed by atoms with Crippen LogP contribution in [0, 0.1) is 11.7 Å². The molecule has 0 bridgehead atoms. The SMILES string of the molecule is O=C(NCC1=NOC2CNCC12)c1ccccc1C(=O)c1ccc(F)cc1. The smallest absolute Gasteiger partial charge is 0.252 e. The molecule has 1 amide bonds. The van der Waals surface area contributed by atoms with E-state index in [1.54, 1.807) is 24.3 Å². The highest BCUT2D eigenvalue weighted by atomic mass is 19.1. The van der Waals surface area contributed by atoms with E-state index in [0.717, 1.165) is 18.8 Å². The summed E-state index contributed by atoms with van der Waals surface area (Å²) in [6.45, 7) is 1.79. The van der Waals surface area contributed by atoms with Gasteiger partial charge in [-0.3, -0.25) is 9.59 Å². The summed E-state index contributed by atoms with van der Waals surface area (Å²) in [6.07, 6.45) is 0.0317. The fourth-order valence-electron chi connectivity index (χ4n) is 3.37. The molecule has 0 aliphatic carbocycles. The maximum Gasteiger partial charge on any atom is 0.252 e. The quantitative estimate of drug-likeness (QED) is 0.790. The minimum absolute atomic E-state index is 0.0317. The molecule has 0 aromatic heterocycles. The molecule has 2 unspecified atom stereocenters. The Morgan fingerprint density at radius 1 is 1.11 bits per heavy atom. The van der Waals surface area contributed by atoms with Crippen LogP contribution in [0.3, 0.4) is 0 Å². The lowest BCUT2D eigenvalue weighted by atomic mass is 9.97. The number of ketones is 1. The van der Waals surface area contributed by atoms with E-state index < -0.39 is 5.82 Å². The molecule has 2 N–H and O–H groups in total. The molecule has 0 radical (unpaired) electrons. The summed E-state index contributed by atoms with van der Waals surface area (Å²) in [6, 6.07) is 11.8. The Morgan fingerprint density at radius 3 is 2.63 bits per heavy atom. The van der Waals surface area contributed by atoms with E-state index in [4.69, 9.17) is 4.84 Å². The second-order valence-corrected chi connectivity index (χ2v) is 6.56. The number of hydrogen-bond acceptors (Lipinski definition) is 5. The molecule has 4 rings (SSSR count). The van der Waals surface area contributed by atoms with Crippen molar-refractivity contribution in [3.8, 4) is 0 Å². The Kier molecular flexibility index (Phi) is 4.68. The Morgan fingerprint density at radius 2 is 1.85 bits per heavy atom. The second-order valence-electron chi connectivity index (χ2n) is 6.56. The molecule has 1 fully saturated rings. The van der Waals surface area contributed by atoms with Crippen LogP contribution in [0.5, 0.6) is 0 Å². The first kappa shape index (κ1) is 17.4. The molecule has 7 heteroatoms. The van der Waals surface area contributed by atoms with Crippen molar-refractivity contribution in [1.82, 2.24) is 10.6 Å². The monoisotopic (exact) mass is 367 g/mol. The van der Waals surface area contributed by atoms with Crippen molar-refractivity contribution in [2.45, 2.75) is 6.10 Å². The third kappa shape index (κ3) is 3.46. The first-order valence-electron chi connectivity index (χ1n) is 8.74. The van der Waals surface area contributed by atoms with Crippen molar-refractivity contribution in [1.29, 1.82) is 0 Å². The normalized spacial score (nSPS) is 20.6. The lowest BCUT2D eigenvalue weighted by molar-refractivity contribution is 0.0841. The maximum atomic E-state index is 13.1. The molecular formula is C20H18FN3O3. The summed E-state index contributed by atoms with van der Waals surface area (Å²) < 4.78 is 13.1. The third-order valence-corrected chi connectivity index (χ3v) is 4.84. The fourth-order valence-corrected chi connectivity index (χ4v) is 3.37. The number of amides is 1. The molecule has 2 heterocycles.